The lowest BCUT2D eigenvalue weighted by Crippen LogP contribution is -2.04. The molecule has 0 aromatic carbocycles. The summed E-state index contributed by atoms with van der Waals surface area (Å²) < 4.78 is 0. The van der Waals surface area contributed by atoms with Crippen LogP contribution in [0, 0.1) is 0 Å². The highest BCUT2D eigenvalue weighted by Gasteiger charge is 1.69. The molecule has 0 spiro atoms. The fourth-order valence-electron chi connectivity index (χ4n) is 0. The lowest BCUT2D eigenvalue weighted by atomic mass is 10.6. The molecule has 0 bridgehead atoms. The summed E-state index contributed by atoms with van der Waals surface area (Å²) >= 11 is 0. The van der Waals surface area contributed by atoms with E-state index in [9.17, 15) is 4.79 Å². The molecule has 2 N–H and O–H groups in total. The number of nitrogens with two attached hydrogens (primary N) is 1. The van der Waals surface area contributed by atoms with Crippen LogP contribution in [0.4, 0.5) is 0 Å². The van der Waals surface area contributed by atoms with Gasteiger partial charge < -0.3 is 5.73 Å². The zero-order chi connectivity index (χ0) is 4.28. The van der Waals surface area contributed by atoms with Gasteiger partial charge in [-0.15, -0.1) is 0 Å². The number of hydrogen-bond donors (Lipinski definition) is 1. The van der Waals surface area contributed by atoms with Crippen molar-refractivity contribution in [2.24, 2.45) is 5.73 Å². The van der Waals surface area contributed by atoms with E-state index in [0.717, 1.165) is 6.08 Å². The SMILES string of the molecule is C=CC(N)=O.[H]. The topological polar surface area (TPSA) is 43.1 Å². The molecule has 0 heterocycles. The smallest absolute Gasteiger partial charge is 0.240 e. The van der Waals surface area contributed by atoms with Crippen LogP contribution in [0.3, 0.4) is 0 Å². The van der Waals surface area contributed by atoms with E-state index < -0.39 is 5.91 Å². The number of amides is 1. The second-order valence-corrected chi connectivity index (χ2v) is 0.606. The molecule has 29 valence electrons. The van der Waals surface area contributed by atoms with Crippen LogP contribution in [0.5, 0.6) is 0 Å². The second kappa shape index (κ2) is 1.52. The van der Waals surface area contributed by atoms with Crippen molar-refractivity contribution in [3.8, 4) is 0 Å². The molecule has 5 heavy (non-hydrogen) atoms. The van der Waals surface area contributed by atoms with Crippen molar-refractivity contribution in [1.82, 2.24) is 0 Å². The number of primary amides is 1. The molecule has 0 unspecified atom stereocenters. The molecule has 0 aromatic heterocycles. The lowest BCUT2D eigenvalue weighted by molar-refractivity contribution is -0.113. The minimum atomic E-state index is -0.481. The first-order valence-electron chi connectivity index (χ1n) is 1.19. The monoisotopic (exact) mass is 72.0 g/mol. The predicted octanol–water partition coefficient (Wildman–Crippen LogP) is -0.230. The summed E-state index contributed by atoms with van der Waals surface area (Å²) in [7, 11) is 0. The van der Waals surface area contributed by atoms with Gasteiger partial charge in [0, 0.05) is 1.43 Å². The second-order valence-electron chi connectivity index (χ2n) is 0.606. The van der Waals surface area contributed by atoms with Gasteiger partial charge in [0.05, 0.1) is 0 Å². The number of carbonyl (C=O) groups excluding carboxylic acids is 1. The van der Waals surface area contributed by atoms with E-state index in [0.29, 0.717) is 0 Å². The average Bonchev–Trinajstić information content (AvgIpc) is 1.38. The van der Waals surface area contributed by atoms with Crippen molar-refractivity contribution in [3.63, 3.8) is 0 Å². The number of hydrogen-bond acceptors (Lipinski definition) is 1. The molecule has 0 aliphatic rings. The molecule has 0 rings (SSSR count). The summed E-state index contributed by atoms with van der Waals surface area (Å²) in [6.45, 7) is 3.09. The molecule has 0 aromatic rings. The Kier molecular flexibility index (Phi) is 1.28. The van der Waals surface area contributed by atoms with Crippen molar-refractivity contribution < 1.29 is 6.22 Å². The molecule has 1 radical (unpaired) electrons. The summed E-state index contributed by atoms with van der Waals surface area (Å²) in [5.74, 6) is -0.481. The molecule has 0 saturated carbocycles. The van der Waals surface area contributed by atoms with Crippen LogP contribution in [0.25, 0.3) is 0 Å². The highest BCUT2D eigenvalue weighted by molar-refractivity contribution is 5.84. The third-order valence-corrected chi connectivity index (χ3v) is 0.201. The lowest BCUT2D eigenvalue weighted by Gasteiger charge is -1.65. The quantitative estimate of drug-likeness (QED) is 0.427. The van der Waals surface area contributed by atoms with Crippen LogP contribution in [-0.4, -0.2) is 5.91 Å². The highest BCUT2D eigenvalue weighted by atomic mass is 16.1. The largest absolute Gasteiger partial charge is 0.366 e. The maximum Gasteiger partial charge on any atom is 0.240 e. The highest BCUT2D eigenvalue weighted by Crippen LogP contribution is 1.48. The van der Waals surface area contributed by atoms with E-state index >= 15 is 0 Å². The van der Waals surface area contributed by atoms with Crippen LogP contribution in [-0.2, 0) is 4.79 Å². The minimum absolute atomic E-state index is 0. The predicted molar refractivity (Wildman–Crippen MR) is 20.5 cm³/mol. The fourth-order valence-corrected chi connectivity index (χ4v) is 0. The number of carbonyl (C=O) groups is 1. The first-order valence-corrected chi connectivity index (χ1v) is 1.19. The molecule has 0 fully saturated rings. The van der Waals surface area contributed by atoms with Crippen molar-refractivity contribution in [1.29, 1.82) is 0 Å². The molecule has 0 saturated heterocycles. The maximum atomic E-state index is 9.47. The van der Waals surface area contributed by atoms with E-state index in [1.54, 1.807) is 0 Å². The fraction of sp³-hybridized carbons (Fsp3) is 0. The van der Waals surface area contributed by atoms with Crippen molar-refractivity contribution in [3.05, 3.63) is 12.7 Å². The van der Waals surface area contributed by atoms with Gasteiger partial charge in [0.15, 0.2) is 0 Å². The molecule has 0 aliphatic heterocycles. The maximum absolute atomic E-state index is 9.47. The van der Waals surface area contributed by atoms with Crippen LogP contribution in [0.15, 0.2) is 12.7 Å². The van der Waals surface area contributed by atoms with E-state index in [-0.39, 0.29) is 1.43 Å². The standard InChI is InChI=1S/C3H5NO.H/c1-2-3(4)5;/h2H,1H2,(H2,4,5);. The molecule has 2 heteroatoms. The van der Waals surface area contributed by atoms with E-state index in [2.05, 4.69) is 12.3 Å². The first kappa shape index (κ1) is 4.21. The summed E-state index contributed by atoms with van der Waals surface area (Å²) in [5, 5.41) is 0. The third-order valence-electron chi connectivity index (χ3n) is 0.201. The summed E-state index contributed by atoms with van der Waals surface area (Å²) in [5.41, 5.74) is 4.53. The van der Waals surface area contributed by atoms with Gasteiger partial charge in [-0.25, -0.2) is 0 Å². The number of rotatable bonds is 1. The Bertz CT molecular complexity index is 61.8. The molecular formula is C3H6NO. The summed E-state index contributed by atoms with van der Waals surface area (Å²) in [4.78, 5) is 9.47. The van der Waals surface area contributed by atoms with Crippen molar-refractivity contribution >= 4 is 5.91 Å². The van der Waals surface area contributed by atoms with Gasteiger partial charge in [0.25, 0.3) is 0 Å². The van der Waals surface area contributed by atoms with Crippen LogP contribution in [0.2, 0.25) is 0 Å². The zero-order valence-electron chi connectivity index (χ0n) is 3.77. The van der Waals surface area contributed by atoms with Crippen molar-refractivity contribution in [2.75, 3.05) is 0 Å². The van der Waals surface area contributed by atoms with Crippen LogP contribution < -0.4 is 5.73 Å². The molecule has 1 amide bonds. The molecule has 2 nitrogen and oxygen atoms in total. The zero-order valence-corrected chi connectivity index (χ0v) is 2.77. The third kappa shape index (κ3) is 3.21. The van der Waals surface area contributed by atoms with Crippen LogP contribution in [0.1, 0.15) is 1.43 Å². The van der Waals surface area contributed by atoms with E-state index in [4.69, 9.17) is 0 Å². The Hall–Kier alpha value is -0.790. The molecular weight excluding hydrogens is 66.0 g/mol. The van der Waals surface area contributed by atoms with Gasteiger partial charge in [-0.05, 0) is 6.08 Å². The Labute approximate surface area is 31.8 Å². The van der Waals surface area contributed by atoms with Crippen molar-refractivity contribution in [2.45, 2.75) is 0 Å². The normalized spacial score (nSPS) is 6.40. The molecule has 0 atom stereocenters. The Morgan fingerprint density at radius 3 is 2.40 bits per heavy atom. The van der Waals surface area contributed by atoms with Gasteiger partial charge in [-0.2, -0.15) is 0 Å². The summed E-state index contributed by atoms with van der Waals surface area (Å²) in [6, 6.07) is 0. The molecule has 0 aliphatic carbocycles. The Morgan fingerprint density at radius 1 is 2.20 bits per heavy atom. The van der Waals surface area contributed by atoms with E-state index in [1.807, 2.05) is 0 Å². The Morgan fingerprint density at radius 2 is 2.40 bits per heavy atom. The Balaban J connectivity index is 0. The van der Waals surface area contributed by atoms with Gasteiger partial charge in [-0.1, -0.05) is 6.58 Å². The van der Waals surface area contributed by atoms with Crippen LogP contribution >= 0.6 is 0 Å². The van der Waals surface area contributed by atoms with E-state index in [1.165, 1.54) is 0 Å². The van der Waals surface area contributed by atoms with Gasteiger partial charge in [0.2, 0.25) is 5.91 Å². The van der Waals surface area contributed by atoms with Gasteiger partial charge in [-0.3, -0.25) is 4.79 Å². The average molecular weight is 72.1 g/mol. The van der Waals surface area contributed by atoms with Gasteiger partial charge >= 0.3 is 0 Å². The first-order chi connectivity index (χ1) is 2.27. The van der Waals surface area contributed by atoms with Gasteiger partial charge in [0.1, 0.15) is 0 Å². The minimum Gasteiger partial charge on any atom is -0.366 e. The summed E-state index contributed by atoms with van der Waals surface area (Å²) in [6.07, 6.45) is 1.06.